The summed E-state index contributed by atoms with van der Waals surface area (Å²) in [6.45, 7) is 4.90. The molecule has 0 amide bonds. The van der Waals surface area contributed by atoms with Crippen molar-refractivity contribution in [1.29, 1.82) is 0 Å². The van der Waals surface area contributed by atoms with Gasteiger partial charge in [-0.3, -0.25) is 19.1 Å². The Labute approximate surface area is 179 Å². The summed E-state index contributed by atoms with van der Waals surface area (Å²) in [4.78, 5) is 44.1. The van der Waals surface area contributed by atoms with Crippen LogP contribution in [0.1, 0.15) is 44.5 Å². The Bertz CT molecular complexity index is 1170. The summed E-state index contributed by atoms with van der Waals surface area (Å²) >= 11 is 0. The fourth-order valence-corrected chi connectivity index (χ4v) is 3.46. The van der Waals surface area contributed by atoms with Crippen molar-refractivity contribution < 1.29 is 14.3 Å². The number of H-pyrrole nitrogens is 1. The van der Waals surface area contributed by atoms with E-state index in [9.17, 15) is 14.4 Å². The molecule has 0 spiro atoms. The summed E-state index contributed by atoms with van der Waals surface area (Å²) in [7, 11) is 1.57. The molecule has 3 rings (SSSR count). The summed E-state index contributed by atoms with van der Waals surface area (Å²) in [5.74, 6) is 0.692. The van der Waals surface area contributed by atoms with Crippen molar-refractivity contribution in [1.82, 2.24) is 19.1 Å². The topological polar surface area (TPSA) is 108 Å². The fourth-order valence-electron chi connectivity index (χ4n) is 3.46. The van der Waals surface area contributed by atoms with Gasteiger partial charge in [0.15, 0.2) is 11.2 Å². The second-order valence-electron chi connectivity index (χ2n) is 7.31. The van der Waals surface area contributed by atoms with Crippen LogP contribution in [-0.4, -0.2) is 32.2 Å². The Kier molecular flexibility index (Phi) is 7.28. The van der Waals surface area contributed by atoms with Gasteiger partial charge in [-0.2, -0.15) is 0 Å². The zero-order valence-corrected chi connectivity index (χ0v) is 18.1. The molecule has 1 aromatic carbocycles. The first-order valence-corrected chi connectivity index (χ1v) is 10.5. The minimum Gasteiger partial charge on any atom is -0.497 e. The van der Waals surface area contributed by atoms with Crippen LogP contribution < -0.4 is 16.0 Å². The third kappa shape index (κ3) is 5.04. The molecule has 0 fully saturated rings. The number of aryl methyl sites for hydroxylation is 2. The molecule has 9 nitrogen and oxygen atoms in total. The Hall–Kier alpha value is -3.36. The normalized spacial score (nSPS) is 11.1. The summed E-state index contributed by atoms with van der Waals surface area (Å²) in [6, 6.07) is 7.21. The average molecular weight is 428 g/mol. The number of fused-ring (bicyclic) bond motifs is 1. The van der Waals surface area contributed by atoms with Crippen molar-refractivity contribution in [2.75, 3.05) is 7.11 Å². The van der Waals surface area contributed by atoms with Crippen LogP contribution in [0.5, 0.6) is 5.75 Å². The highest BCUT2D eigenvalue weighted by Gasteiger charge is 2.19. The predicted octanol–water partition coefficient (Wildman–Crippen LogP) is 2.39. The quantitative estimate of drug-likeness (QED) is 0.497. The van der Waals surface area contributed by atoms with Crippen LogP contribution in [0.3, 0.4) is 0 Å². The number of aromatic amines is 1. The van der Waals surface area contributed by atoms with Crippen LogP contribution in [0, 0.1) is 0 Å². The van der Waals surface area contributed by atoms with Crippen molar-refractivity contribution in [3.8, 4) is 5.75 Å². The fraction of sp³-hybridized carbons (Fsp3) is 0.455. The van der Waals surface area contributed by atoms with E-state index < -0.39 is 17.2 Å². The van der Waals surface area contributed by atoms with Gasteiger partial charge in [-0.05, 0) is 30.5 Å². The Morgan fingerprint density at radius 2 is 1.94 bits per heavy atom. The third-order valence-corrected chi connectivity index (χ3v) is 4.99. The number of unbranched alkanes of at least 4 members (excludes halogenated alkanes) is 1. The number of hydrogen-bond donors (Lipinski definition) is 1. The molecule has 0 aliphatic rings. The van der Waals surface area contributed by atoms with Crippen LogP contribution in [0.25, 0.3) is 11.2 Å². The molecule has 0 aliphatic heterocycles. The molecule has 9 heteroatoms. The van der Waals surface area contributed by atoms with Crippen LogP contribution in [0.15, 0.2) is 33.9 Å². The van der Waals surface area contributed by atoms with E-state index >= 15 is 0 Å². The molecule has 0 saturated carbocycles. The lowest BCUT2D eigenvalue weighted by atomic mass is 10.1. The average Bonchev–Trinajstić information content (AvgIpc) is 3.11. The SMILES string of the molecule is CCCCn1c(=O)[nH]c(=O)c2c1nc(COC(=O)Cc1cccc(OC)c1)n2CCC. The van der Waals surface area contributed by atoms with Gasteiger partial charge in [0.1, 0.15) is 18.2 Å². The number of nitrogens with one attached hydrogen (secondary N) is 1. The number of aromatic nitrogens is 4. The van der Waals surface area contributed by atoms with Gasteiger partial charge in [0.25, 0.3) is 5.56 Å². The zero-order valence-electron chi connectivity index (χ0n) is 18.1. The standard InChI is InChI=1S/C22H28N4O5/c1-4-6-11-26-20-19(21(28)24-22(26)29)25(10-5-2)17(23-20)14-31-18(27)13-15-8-7-9-16(12-15)30-3/h7-9,12H,4-6,10-11,13-14H2,1-3H3,(H,24,28,29). The highest BCUT2D eigenvalue weighted by molar-refractivity contribution is 5.73. The molecule has 0 atom stereocenters. The third-order valence-electron chi connectivity index (χ3n) is 4.99. The molecule has 3 aromatic rings. The summed E-state index contributed by atoms with van der Waals surface area (Å²) in [5, 5.41) is 0. The van der Waals surface area contributed by atoms with Gasteiger partial charge in [0, 0.05) is 13.1 Å². The lowest BCUT2D eigenvalue weighted by molar-refractivity contribution is -0.144. The van der Waals surface area contributed by atoms with Gasteiger partial charge in [0.05, 0.1) is 13.5 Å². The summed E-state index contributed by atoms with van der Waals surface area (Å²) in [5.41, 5.74) is 0.471. The number of carbonyl (C=O) groups excluding carboxylic acids is 1. The number of hydrogen-bond acceptors (Lipinski definition) is 6. The smallest absolute Gasteiger partial charge is 0.330 e. The first-order chi connectivity index (χ1) is 15.0. The van der Waals surface area contributed by atoms with Crippen LogP contribution >= 0.6 is 0 Å². The molecule has 0 aliphatic carbocycles. The molecular weight excluding hydrogens is 400 g/mol. The number of imidazole rings is 1. The maximum absolute atomic E-state index is 12.5. The maximum Gasteiger partial charge on any atom is 0.330 e. The number of ether oxygens (including phenoxy) is 2. The molecule has 166 valence electrons. The van der Waals surface area contributed by atoms with Crippen molar-refractivity contribution in [3.63, 3.8) is 0 Å². The highest BCUT2D eigenvalue weighted by Crippen LogP contribution is 2.16. The molecule has 1 N–H and O–H groups in total. The molecule has 0 radical (unpaired) electrons. The monoisotopic (exact) mass is 428 g/mol. The van der Waals surface area contributed by atoms with Crippen molar-refractivity contribution in [2.24, 2.45) is 0 Å². The van der Waals surface area contributed by atoms with E-state index in [2.05, 4.69) is 9.97 Å². The van der Waals surface area contributed by atoms with Crippen molar-refractivity contribution in [3.05, 3.63) is 56.5 Å². The molecule has 31 heavy (non-hydrogen) atoms. The highest BCUT2D eigenvalue weighted by atomic mass is 16.5. The van der Waals surface area contributed by atoms with Crippen LogP contribution in [0.2, 0.25) is 0 Å². The first kappa shape index (κ1) is 22.3. The van der Waals surface area contributed by atoms with Gasteiger partial charge in [-0.1, -0.05) is 32.4 Å². The molecule has 0 bridgehead atoms. The molecule has 2 heterocycles. The number of rotatable bonds is 10. The van der Waals surface area contributed by atoms with E-state index in [4.69, 9.17) is 9.47 Å². The Morgan fingerprint density at radius 1 is 1.13 bits per heavy atom. The minimum absolute atomic E-state index is 0.0844. The van der Waals surface area contributed by atoms with Gasteiger partial charge in [-0.25, -0.2) is 9.78 Å². The minimum atomic E-state index is -0.484. The second-order valence-corrected chi connectivity index (χ2v) is 7.31. The number of benzene rings is 1. The van der Waals surface area contributed by atoms with Crippen LogP contribution in [0.4, 0.5) is 0 Å². The molecule has 2 aromatic heterocycles. The first-order valence-electron chi connectivity index (χ1n) is 10.5. The second kappa shape index (κ2) is 10.1. The van der Waals surface area contributed by atoms with Gasteiger partial charge in [-0.15, -0.1) is 0 Å². The van der Waals surface area contributed by atoms with Crippen LogP contribution in [-0.2, 0) is 35.6 Å². The predicted molar refractivity (Wildman–Crippen MR) is 116 cm³/mol. The van der Waals surface area contributed by atoms with E-state index in [1.165, 1.54) is 4.57 Å². The number of nitrogens with zero attached hydrogens (tertiary/aromatic N) is 3. The van der Waals surface area contributed by atoms with E-state index in [1.807, 2.05) is 26.0 Å². The molecular formula is C22H28N4O5. The number of methoxy groups -OCH3 is 1. The summed E-state index contributed by atoms with van der Waals surface area (Å²) < 4.78 is 13.8. The lowest BCUT2D eigenvalue weighted by Crippen LogP contribution is -2.31. The van der Waals surface area contributed by atoms with E-state index in [-0.39, 0.29) is 13.0 Å². The van der Waals surface area contributed by atoms with Gasteiger partial charge < -0.3 is 14.0 Å². The number of esters is 1. The zero-order chi connectivity index (χ0) is 22.4. The van der Waals surface area contributed by atoms with Gasteiger partial charge in [0.2, 0.25) is 0 Å². The van der Waals surface area contributed by atoms with E-state index in [1.54, 1.807) is 23.8 Å². The summed E-state index contributed by atoms with van der Waals surface area (Å²) in [6.07, 6.45) is 2.53. The number of carbonyl (C=O) groups is 1. The van der Waals surface area contributed by atoms with E-state index in [0.29, 0.717) is 35.8 Å². The molecule has 0 unspecified atom stereocenters. The van der Waals surface area contributed by atoms with Crippen molar-refractivity contribution in [2.45, 2.75) is 59.2 Å². The van der Waals surface area contributed by atoms with Crippen molar-refractivity contribution >= 4 is 17.1 Å². The maximum atomic E-state index is 12.5. The van der Waals surface area contributed by atoms with E-state index in [0.717, 1.165) is 24.8 Å². The lowest BCUT2D eigenvalue weighted by Gasteiger charge is -2.09. The molecule has 0 saturated heterocycles. The largest absolute Gasteiger partial charge is 0.497 e. The Morgan fingerprint density at radius 3 is 2.65 bits per heavy atom. The van der Waals surface area contributed by atoms with Gasteiger partial charge >= 0.3 is 11.7 Å². The Balaban J connectivity index is 1.87.